The Morgan fingerprint density at radius 2 is 1.83 bits per heavy atom. The van der Waals surface area contributed by atoms with Gasteiger partial charge in [0, 0.05) is 12.1 Å². The molecule has 4 rings (SSSR count). The Morgan fingerprint density at radius 1 is 1.07 bits per heavy atom. The number of nitrogens with zero attached hydrogens (tertiary/aromatic N) is 4. The lowest BCUT2D eigenvalue weighted by molar-refractivity contribution is -0.274. The van der Waals surface area contributed by atoms with Crippen LogP contribution in [0.15, 0.2) is 84.1 Å². The van der Waals surface area contributed by atoms with Crippen molar-refractivity contribution in [3.63, 3.8) is 0 Å². The Balaban J connectivity index is 1.40. The molecule has 1 heterocycles. The number of amides is 2. The van der Waals surface area contributed by atoms with Crippen molar-refractivity contribution in [2.75, 3.05) is 5.75 Å². The van der Waals surface area contributed by atoms with Crippen LogP contribution in [0.2, 0.25) is 0 Å². The summed E-state index contributed by atoms with van der Waals surface area (Å²) in [5.74, 6) is 1.14. The van der Waals surface area contributed by atoms with Crippen molar-refractivity contribution < 1.29 is 22.7 Å². The minimum atomic E-state index is -4.76. The summed E-state index contributed by atoms with van der Waals surface area (Å²) in [6.45, 7) is 6.45. The van der Waals surface area contributed by atoms with Crippen molar-refractivity contribution in [1.82, 2.24) is 25.4 Å². The Labute approximate surface area is 240 Å². The lowest BCUT2D eigenvalue weighted by Gasteiger charge is -2.12. The molecule has 41 heavy (non-hydrogen) atoms. The van der Waals surface area contributed by atoms with Crippen LogP contribution in [-0.2, 0) is 6.54 Å². The zero-order valence-corrected chi connectivity index (χ0v) is 23.5. The predicted octanol–water partition coefficient (Wildman–Crippen LogP) is 7.20. The molecular weight excluding hydrogens is 553 g/mol. The summed E-state index contributed by atoms with van der Waals surface area (Å²) in [6, 6.07) is 20.2. The van der Waals surface area contributed by atoms with Gasteiger partial charge >= 0.3 is 12.4 Å². The summed E-state index contributed by atoms with van der Waals surface area (Å²) in [5.41, 5.74) is 3.99. The number of hydrogen-bond donors (Lipinski definition) is 2. The van der Waals surface area contributed by atoms with Gasteiger partial charge in [0.05, 0.1) is 11.4 Å². The Morgan fingerprint density at radius 3 is 2.54 bits per heavy atom. The average molecular weight is 583 g/mol. The van der Waals surface area contributed by atoms with Crippen molar-refractivity contribution >= 4 is 28.6 Å². The van der Waals surface area contributed by atoms with E-state index in [9.17, 15) is 18.0 Å². The number of halogens is 3. The van der Waals surface area contributed by atoms with Crippen LogP contribution in [0.4, 0.5) is 23.7 Å². The third kappa shape index (κ3) is 8.58. The first-order valence-corrected chi connectivity index (χ1v) is 13.8. The number of ether oxygens (including phenoxy) is 1. The van der Waals surface area contributed by atoms with E-state index in [4.69, 9.17) is 4.99 Å². The first kappa shape index (κ1) is 29.7. The van der Waals surface area contributed by atoms with E-state index in [0.717, 1.165) is 28.1 Å². The Kier molecular flexibility index (Phi) is 9.66. The minimum Gasteiger partial charge on any atom is -0.406 e. The van der Waals surface area contributed by atoms with Crippen molar-refractivity contribution in [1.29, 1.82) is 0 Å². The van der Waals surface area contributed by atoms with Crippen LogP contribution in [0.3, 0.4) is 0 Å². The highest BCUT2D eigenvalue weighted by atomic mass is 32.2. The number of aromatic nitrogens is 3. The topological polar surface area (TPSA) is 93.4 Å². The molecule has 1 aromatic heterocycles. The van der Waals surface area contributed by atoms with Crippen LogP contribution in [-0.4, -0.2) is 38.1 Å². The summed E-state index contributed by atoms with van der Waals surface area (Å²) in [6.07, 6.45) is -3.29. The van der Waals surface area contributed by atoms with E-state index in [1.807, 2.05) is 55.5 Å². The van der Waals surface area contributed by atoms with Gasteiger partial charge in [-0.15, -0.1) is 18.3 Å². The van der Waals surface area contributed by atoms with Gasteiger partial charge in [-0.2, -0.15) is 0 Å². The number of carbonyl (C=O) groups excluding carboxylic acids is 1. The van der Waals surface area contributed by atoms with Crippen LogP contribution < -0.4 is 15.4 Å². The fourth-order valence-electron chi connectivity index (χ4n) is 3.88. The number of carbonyl (C=O) groups is 1. The molecule has 0 atom stereocenters. The zero-order chi connectivity index (χ0) is 29.4. The predicted molar refractivity (Wildman–Crippen MR) is 155 cm³/mol. The lowest BCUT2D eigenvalue weighted by Crippen LogP contribution is -2.38. The van der Waals surface area contributed by atoms with Gasteiger partial charge in [0.15, 0.2) is 11.0 Å². The molecule has 2 amide bonds. The van der Waals surface area contributed by atoms with Crippen molar-refractivity contribution in [2.45, 2.75) is 39.6 Å². The highest BCUT2D eigenvalue weighted by Gasteiger charge is 2.31. The van der Waals surface area contributed by atoms with E-state index in [-0.39, 0.29) is 18.3 Å². The molecule has 0 saturated carbocycles. The fraction of sp³-hybridized carbons (Fsp3) is 0.241. The summed E-state index contributed by atoms with van der Waals surface area (Å²) < 4.78 is 42.6. The molecule has 0 fully saturated rings. The van der Waals surface area contributed by atoms with Crippen LogP contribution in [0.1, 0.15) is 37.8 Å². The lowest BCUT2D eigenvalue weighted by atomic mass is 10.0. The number of para-hydroxylation sites is 1. The number of alkyl halides is 3. The molecule has 3 aromatic carbocycles. The zero-order valence-electron chi connectivity index (χ0n) is 22.6. The number of rotatable bonds is 8. The molecule has 0 aliphatic heterocycles. The number of urea groups is 1. The van der Waals surface area contributed by atoms with Crippen LogP contribution in [0.5, 0.6) is 5.75 Å². The highest BCUT2D eigenvalue weighted by molar-refractivity contribution is 8.13. The van der Waals surface area contributed by atoms with Crippen LogP contribution in [0.25, 0.3) is 17.1 Å². The number of benzene rings is 3. The maximum absolute atomic E-state index is 12.7. The second kappa shape index (κ2) is 13.4. The first-order valence-electron chi connectivity index (χ1n) is 12.8. The number of amidine groups is 1. The van der Waals surface area contributed by atoms with Crippen molar-refractivity contribution in [3.05, 3.63) is 90.3 Å². The van der Waals surface area contributed by atoms with E-state index in [1.54, 1.807) is 0 Å². The molecule has 2 N–H and O–H groups in total. The molecule has 214 valence electrons. The van der Waals surface area contributed by atoms with Gasteiger partial charge in [-0.25, -0.2) is 19.5 Å². The molecular formula is C29H29F3N6O2S. The van der Waals surface area contributed by atoms with Crippen molar-refractivity contribution in [2.24, 2.45) is 4.99 Å². The third-order valence-corrected chi connectivity index (χ3v) is 6.50. The standard InChI is InChI=1S/C29H29F3N6O2S/c1-4-41-28(35-25-11-6-5-10-24(25)19(2)3)36-27(39)33-17-20-8-7-9-21(16-20)26-34-18-38(37-26)22-12-14-23(15-13-22)40-29(30,31)32/h5-16,18-19H,4,17H2,1-3H3,(H2,33,35,36,39). The second-order valence-corrected chi connectivity index (χ2v) is 10.4. The van der Waals surface area contributed by atoms with Gasteiger partial charge in [-0.3, -0.25) is 5.32 Å². The fourth-order valence-corrected chi connectivity index (χ4v) is 4.49. The molecule has 0 saturated heterocycles. The molecule has 4 aromatic rings. The summed E-state index contributed by atoms with van der Waals surface area (Å²) in [7, 11) is 0. The van der Waals surface area contributed by atoms with Crippen LogP contribution >= 0.6 is 11.8 Å². The van der Waals surface area contributed by atoms with Crippen molar-refractivity contribution in [3.8, 4) is 22.8 Å². The SMILES string of the molecule is CCSC(=Nc1ccccc1C(C)C)NC(=O)NCc1cccc(-c2ncn(-c3ccc(OC(F)(F)F)cc3)n2)c1. The molecule has 12 heteroatoms. The summed E-state index contributed by atoms with van der Waals surface area (Å²) >= 11 is 1.45. The highest BCUT2D eigenvalue weighted by Crippen LogP contribution is 2.27. The summed E-state index contributed by atoms with van der Waals surface area (Å²) in [4.78, 5) is 21.7. The van der Waals surface area contributed by atoms with Gasteiger partial charge in [0.2, 0.25) is 0 Å². The number of nitrogens with one attached hydrogen (secondary N) is 2. The first-order chi connectivity index (χ1) is 19.6. The maximum Gasteiger partial charge on any atom is 0.573 e. The molecule has 0 radical (unpaired) electrons. The quantitative estimate of drug-likeness (QED) is 0.169. The second-order valence-electron chi connectivity index (χ2n) is 9.13. The van der Waals surface area contributed by atoms with Gasteiger partial charge in [-0.1, -0.05) is 68.9 Å². The van der Waals surface area contributed by atoms with Gasteiger partial charge in [0.1, 0.15) is 12.1 Å². The number of aliphatic imine (C=N–C) groups is 1. The maximum atomic E-state index is 12.7. The number of hydrogen-bond acceptors (Lipinski definition) is 6. The minimum absolute atomic E-state index is 0.258. The normalized spacial score (nSPS) is 11.9. The van der Waals surface area contributed by atoms with E-state index >= 15 is 0 Å². The molecule has 0 bridgehead atoms. The molecule has 0 aliphatic rings. The van der Waals surface area contributed by atoms with Crippen LogP contribution in [0, 0.1) is 0 Å². The molecule has 0 aliphatic carbocycles. The van der Waals surface area contributed by atoms with E-state index < -0.39 is 6.36 Å². The van der Waals surface area contributed by atoms with Gasteiger partial charge in [0.25, 0.3) is 0 Å². The number of thioether (sulfide) groups is 1. The van der Waals surface area contributed by atoms with E-state index in [0.29, 0.717) is 22.6 Å². The molecule has 0 unspecified atom stereocenters. The Bertz CT molecular complexity index is 1500. The summed E-state index contributed by atoms with van der Waals surface area (Å²) in [5, 5.41) is 10.7. The molecule has 0 spiro atoms. The average Bonchev–Trinajstić information content (AvgIpc) is 3.42. The van der Waals surface area contributed by atoms with E-state index in [1.165, 1.54) is 47.0 Å². The van der Waals surface area contributed by atoms with Gasteiger partial charge < -0.3 is 10.1 Å². The van der Waals surface area contributed by atoms with Gasteiger partial charge in [-0.05, 0) is 59.2 Å². The third-order valence-electron chi connectivity index (χ3n) is 5.75. The Hall–Kier alpha value is -4.32. The smallest absolute Gasteiger partial charge is 0.406 e. The molecule has 8 nitrogen and oxygen atoms in total. The van der Waals surface area contributed by atoms with E-state index in [2.05, 4.69) is 39.3 Å². The monoisotopic (exact) mass is 582 g/mol. The largest absolute Gasteiger partial charge is 0.573 e.